The van der Waals surface area contributed by atoms with Gasteiger partial charge in [0.15, 0.2) is 6.10 Å². The monoisotopic (exact) mass is 1070 g/mol. The summed E-state index contributed by atoms with van der Waals surface area (Å²) in [6.07, 6.45) is 87.2. The van der Waals surface area contributed by atoms with Crippen molar-refractivity contribution in [2.24, 2.45) is 0 Å². The molecule has 0 aromatic rings. The summed E-state index contributed by atoms with van der Waals surface area (Å²) >= 11 is 0. The van der Waals surface area contributed by atoms with Crippen LogP contribution in [0, 0.1) is 0 Å². The third-order valence-corrected chi connectivity index (χ3v) is 14.1. The Hall–Kier alpha value is -3.67. The Bertz CT molecular complexity index is 1510. The molecule has 0 rings (SSSR count). The van der Waals surface area contributed by atoms with E-state index in [0.29, 0.717) is 19.3 Å². The number of unbranched alkanes of at least 4 members (excludes halogenated alkanes) is 32. The first-order valence-corrected chi connectivity index (χ1v) is 32.7. The lowest BCUT2D eigenvalue weighted by Crippen LogP contribution is -2.30. The molecule has 442 valence electrons. The summed E-state index contributed by atoms with van der Waals surface area (Å²) < 4.78 is 16.9. The summed E-state index contributed by atoms with van der Waals surface area (Å²) in [5.41, 5.74) is 0. The fraction of sp³-hybridized carbons (Fsp3) is 0.732. The molecule has 77 heavy (non-hydrogen) atoms. The van der Waals surface area contributed by atoms with Crippen LogP contribution in [0.15, 0.2) is 97.2 Å². The lowest BCUT2D eigenvalue weighted by molar-refractivity contribution is -0.167. The fourth-order valence-electron chi connectivity index (χ4n) is 9.18. The van der Waals surface area contributed by atoms with Gasteiger partial charge >= 0.3 is 17.9 Å². The summed E-state index contributed by atoms with van der Waals surface area (Å²) in [5.74, 6) is -0.879. The van der Waals surface area contributed by atoms with Crippen LogP contribution in [-0.4, -0.2) is 37.2 Å². The van der Waals surface area contributed by atoms with Crippen LogP contribution in [0.25, 0.3) is 0 Å². The quantitative estimate of drug-likeness (QED) is 0.0261. The second-order valence-electron chi connectivity index (χ2n) is 21.6. The van der Waals surface area contributed by atoms with Crippen molar-refractivity contribution in [3.05, 3.63) is 97.2 Å². The van der Waals surface area contributed by atoms with Gasteiger partial charge in [-0.1, -0.05) is 291 Å². The van der Waals surface area contributed by atoms with Crippen molar-refractivity contribution in [3.8, 4) is 0 Å². The molecule has 0 heterocycles. The molecule has 0 aromatic heterocycles. The summed E-state index contributed by atoms with van der Waals surface area (Å²) in [4.78, 5) is 38.1. The van der Waals surface area contributed by atoms with Gasteiger partial charge in [0.1, 0.15) is 13.2 Å². The normalized spacial score (nSPS) is 12.7. The van der Waals surface area contributed by atoms with Crippen molar-refractivity contribution >= 4 is 17.9 Å². The molecule has 0 N–H and O–H groups in total. The van der Waals surface area contributed by atoms with Gasteiger partial charge in [0.25, 0.3) is 0 Å². The van der Waals surface area contributed by atoms with Gasteiger partial charge < -0.3 is 14.2 Å². The molecule has 1 atom stereocenters. The number of hydrogen-bond acceptors (Lipinski definition) is 6. The molecule has 0 amide bonds. The van der Waals surface area contributed by atoms with Crippen molar-refractivity contribution < 1.29 is 28.6 Å². The van der Waals surface area contributed by atoms with E-state index < -0.39 is 6.10 Å². The van der Waals surface area contributed by atoms with Crippen molar-refractivity contribution in [1.82, 2.24) is 0 Å². The Morgan fingerprint density at radius 3 is 0.805 bits per heavy atom. The van der Waals surface area contributed by atoms with Crippen molar-refractivity contribution in [1.29, 1.82) is 0 Å². The predicted molar refractivity (Wildman–Crippen MR) is 334 cm³/mol. The maximum absolute atomic E-state index is 12.8. The van der Waals surface area contributed by atoms with Crippen LogP contribution in [-0.2, 0) is 28.6 Å². The van der Waals surface area contributed by atoms with Gasteiger partial charge in [-0.05, 0) is 103 Å². The molecule has 6 nitrogen and oxygen atoms in total. The van der Waals surface area contributed by atoms with E-state index in [1.807, 2.05) is 0 Å². The standard InChI is InChI=1S/C71H122O6/c1-4-7-10-13-16-19-21-23-25-26-27-28-29-30-31-32-33-34-35-36-37-38-39-40-41-42-43-44-46-47-49-52-55-58-61-64-70(73)76-67-68(66-75-69(72)63-60-57-54-51-18-15-12-9-6-3)77-71(74)65-62-59-56-53-50-48-45-24-22-20-17-14-11-8-5-2/h7,10,16,19,23-25,27-28,30-31,33-34,36-37,45,68H,4-6,8-9,11-15,17-18,20-22,26,29,32,35,38-44,46-67H2,1-3H3/b10-7-,19-16-,25-23-,28-27-,31-30-,34-33-,37-36-,45-24-. The third-order valence-electron chi connectivity index (χ3n) is 14.1. The Labute approximate surface area is 477 Å². The first kappa shape index (κ1) is 73.3. The predicted octanol–water partition coefficient (Wildman–Crippen LogP) is 22.4. The van der Waals surface area contributed by atoms with Gasteiger partial charge in [-0.2, -0.15) is 0 Å². The smallest absolute Gasteiger partial charge is 0.306 e. The van der Waals surface area contributed by atoms with E-state index in [-0.39, 0.29) is 31.1 Å². The van der Waals surface area contributed by atoms with E-state index in [1.54, 1.807) is 0 Å². The van der Waals surface area contributed by atoms with Gasteiger partial charge in [0.2, 0.25) is 0 Å². The number of hydrogen-bond donors (Lipinski definition) is 0. The van der Waals surface area contributed by atoms with E-state index in [0.717, 1.165) is 116 Å². The Balaban J connectivity index is 4.09. The number of carbonyl (C=O) groups excluding carboxylic acids is 3. The van der Waals surface area contributed by atoms with Gasteiger partial charge in [-0.25, -0.2) is 0 Å². The summed E-state index contributed by atoms with van der Waals surface area (Å²) in [5, 5.41) is 0. The highest BCUT2D eigenvalue weighted by molar-refractivity contribution is 5.71. The van der Waals surface area contributed by atoms with Crippen LogP contribution in [0.2, 0.25) is 0 Å². The molecule has 0 aliphatic rings. The van der Waals surface area contributed by atoms with Crippen molar-refractivity contribution in [2.45, 2.75) is 322 Å². The zero-order chi connectivity index (χ0) is 55.7. The van der Waals surface area contributed by atoms with E-state index in [9.17, 15) is 14.4 Å². The first-order chi connectivity index (χ1) is 38.0. The Morgan fingerprint density at radius 1 is 0.273 bits per heavy atom. The summed E-state index contributed by atoms with van der Waals surface area (Å²) in [6, 6.07) is 0. The number of carbonyl (C=O) groups is 3. The van der Waals surface area contributed by atoms with Crippen LogP contribution < -0.4 is 0 Å². The Morgan fingerprint density at radius 2 is 0.506 bits per heavy atom. The second kappa shape index (κ2) is 64.9. The van der Waals surface area contributed by atoms with Crippen molar-refractivity contribution in [2.75, 3.05) is 13.2 Å². The molecule has 0 bridgehead atoms. The lowest BCUT2D eigenvalue weighted by atomic mass is 10.0. The van der Waals surface area contributed by atoms with Gasteiger partial charge in [0.05, 0.1) is 0 Å². The van der Waals surface area contributed by atoms with E-state index in [4.69, 9.17) is 14.2 Å². The number of allylic oxidation sites excluding steroid dienone is 16. The topological polar surface area (TPSA) is 78.9 Å². The molecular formula is C71H122O6. The Kier molecular flexibility index (Phi) is 61.8. The van der Waals surface area contributed by atoms with Crippen LogP contribution in [0.1, 0.15) is 316 Å². The maximum Gasteiger partial charge on any atom is 0.306 e. The zero-order valence-corrected chi connectivity index (χ0v) is 50.7. The molecule has 0 aliphatic heterocycles. The molecule has 0 aromatic carbocycles. The number of ether oxygens (including phenoxy) is 3. The average molecular weight is 1070 g/mol. The largest absolute Gasteiger partial charge is 0.462 e. The second-order valence-corrected chi connectivity index (χ2v) is 21.6. The van der Waals surface area contributed by atoms with E-state index in [2.05, 4.69) is 118 Å². The molecule has 0 saturated carbocycles. The lowest BCUT2D eigenvalue weighted by Gasteiger charge is -2.18. The minimum absolute atomic E-state index is 0.0766. The summed E-state index contributed by atoms with van der Waals surface area (Å²) in [7, 11) is 0. The first-order valence-electron chi connectivity index (χ1n) is 32.7. The van der Waals surface area contributed by atoms with Gasteiger partial charge in [-0.15, -0.1) is 0 Å². The molecular weight excluding hydrogens is 949 g/mol. The zero-order valence-electron chi connectivity index (χ0n) is 50.7. The molecule has 0 spiro atoms. The highest BCUT2D eigenvalue weighted by Gasteiger charge is 2.19. The maximum atomic E-state index is 12.8. The van der Waals surface area contributed by atoms with Gasteiger partial charge in [0, 0.05) is 19.3 Å². The molecule has 0 radical (unpaired) electrons. The summed E-state index contributed by atoms with van der Waals surface area (Å²) in [6.45, 7) is 6.51. The van der Waals surface area contributed by atoms with Crippen LogP contribution >= 0.6 is 0 Å². The van der Waals surface area contributed by atoms with E-state index >= 15 is 0 Å². The molecule has 0 fully saturated rings. The molecule has 6 heteroatoms. The van der Waals surface area contributed by atoms with Crippen LogP contribution in [0.4, 0.5) is 0 Å². The van der Waals surface area contributed by atoms with Crippen LogP contribution in [0.3, 0.4) is 0 Å². The third kappa shape index (κ3) is 63.0. The average Bonchev–Trinajstić information content (AvgIpc) is 3.43. The molecule has 0 saturated heterocycles. The minimum atomic E-state index is -0.778. The SMILES string of the molecule is CC/C=C\C/C=C\C/C=C\C/C=C\C/C=C\C/C=C\C/C=C\CCCCCCCCCCCCCCCC(=O)OCC(COC(=O)CCCCCCCCCCC)OC(=O)CCCCCCC/C=C\CCCCCCCC. The van der Waals surface area contributed by atoms with Crippen molar-refractivity contribution in [3.63, 3.8) is 0 Å². The van der Waals surface area contributed by atoms with Crippen LogP contribution in [0.5, 0.6) is 0 Å². The fourth-order valence-corrected chi connectivity index (χ4v) is 9.18. The number of rotatable bonds is 59. The molecule has 1 unspecified atom stereocenters. The highest BCUT2D eigenvalue weighted by atomic mass is 16.6. The number of esters is 3. The van der Waals surface area contributed by atoms with Gasteiger partial charge in [-0.3, -0.25) is 14.4 Å². The highest BCUT2D eigenvalue weighted by Crippen LogP contribution is 2.16. The molecule has 0 aliphatic carbocycles. The van der Waals surface area contributed by atoms with E-state index in [1.165, 1.54) is 161 Å². The minimum Gasteiger partial charge on any atom is -0.462 e.